The molecule has 98 valence electrons. The van der Waals surface area contributed by atoms with Crippen LogP contribution in [0.15, 0.2) is 28.2 Å². The number of aliphatic hydroxyl groups excluding tert-OH is 1. The summed E-state index contributed by atoms with van der Waals surface area (Å²) in [4.78, 5) is 10.4. The molecule has 1 aromatic carbocycles. The van der Waals surface area contributed by atoms with Gasteiger partial charge in [0.15, 0.2) is 0 Å². The van der Waals surface area contributed by atoms with Crippen LogP contribution in [0.3, 0.4) is 0 Å². The van der Waals surface area contributed by atoms with Gasteiger partial charge in [0, 0.05) is 21.1 Å². The van der Waals surface area contributed by atoms with Crippen LogP contribution in [-0.2, 0) is 0 Å². The quantitative estimate of drug-likeness (QED) is 0.659. The number of hydrogen-bond donors (Lipinski definition) is 1. The maximum absolute atomic E-state index is 11.0. The van der Waals surface area contributed by atoms with Gasteiger partial charge in [-0.05, 0) is 13.0 Å². The molecule has 5 nitrogen and oxygen atoms in total. The first-order chi connectivity index (χ1) is 8.32. The lowest BCUT2D eigenvalue weighted by atomic mass is 10.1. The molecule has 0 radical (unpaired) electrons. The summed E-state index contributed by atoms with van der Waals surface area (Å²) in [7, 11) is 0. The van der Waals surface area contributed by atoms with Crippen LogP contribution in [0.1, 0.15) is 18.6 Å². The first kappa shape index (κ1) is 14.9. The molecule has 1 atom stereocenters. The Morgan fingerprint density at radius 1 is 1.72 bits per heavy atom. The van der Waals surface area contributed by atoms with Crippen LogP contribution in [0.4, 0.5) is 5.69 Å². The molecule has 7 heteroatoms. The maximum Gasteiger partial charge on any atom is 0.312 e. The van der Waals surface area contributed by atoms with Crippen molar-refractivity contribution in [2.24, 2.45) is 0 Å². The Bertz CT molecular complexity index is 490. The average Bonchev–Trinajstić information content (AvgIpc) is 2.25. The van der Waals surface area contributed by atoms with E-state index in [1.54, 1.807) is 6.07 Å². The minimum absolute atomic E-state index is 0.000000000000000444. The lowest BCUT2D eigenvalue weighted by Crippen LogP contribution is -2.05. The highest BCUT2D eigenvalue weighted by atomic mass is 79.9. The molecule has 1 aromatic rings. The molecule has 1 rings (SSSR count). The van der Waals surface area contributed by atoms with Crippen molar-refractivity contribution in [2.45, 2.75) is 13.0 Å². The zero-order valence-corrected chi connectivity index (χ0v) is 11.9. The molecule has 0 amide bonds. The predicted octanol–water partition coefficient (Wildman–Crippen LogP) is 3.54. The van der Waals surface area contributed by atoms with Crippen molar-refractivity contribution in [3.05, 3.63) is 43.9 Å². The van der Waals surface area contributed by atoms with Crippen molar-refractivity contribution in [1.29, 1.82) is 0 Å². The fraction of sp³-hybridized carbons (Fsp3) is 0.273. The summed E-state index contributed by atoms with van der Waals surface area (Å²) >= 11 is 8.71. The molecular weight excluding hydrogens is 325 g/mol. The monoisotopic (exact) mass is 335 g/mol. The van der Waals surface area contributed by atoms with Gasteiger partial charge >= 0.3 is 5.69 Å². The lowest BCUT2D eigenvalue weighted by Gasteiger charge is -2.13. The maximum atomic E-state index is 11.0. The van der Waals surface area contributed by atoms with Crippen molar-refractivity contribution in [3.8, 4) is 5.75 Å². The van der Waals surface area contributed by atoms with Crippen LogP contribution in [0, 0.1) is 10.1 Å². The zero-order chi connectivity index (χ0) is 13.9. The van der Waals surface area contributed by atoms with Crippen LogP contribution in [0.25, 0.3) is 0 Å². The van der Waals surface area contributed by atoms with Crippen molar-refractivity contribution in [3.63, 3.8) is 0 Å². The summed E-state index contributed by atoms with van der Waals surface area (Å²) in [6.07, 6.45) is -0.903. The van der Waals surface area contributed by atoms with Gasteiger partial charge in [0.2, 0.25) is 5.75 Å². The van der Waals surface area contributed by atoms with E-state index in [9.17, 15) is 15.2 Å². The second-order valence-corrected chi connectivity index (χ2v) is 5.03. The van der Waals surface area contributed by atoms with Crippen LogP contribution < -0.4 is 4.74 Å². The molecule has 0 heterocycles. The second kappa shape index (κ2) is 6.17. The third-order valence-corrected chi connectivity index (χ3v) is 2.65. The first-order valence-corrected chi connectivity index (χ1v) is 6.12. The lowest BCUT2D eigenvalue weighted by molar-refractivity contribution is -0.386. The SMILES string of the molecule is C=C(Cl)COc1c(C(C)O)cc(Br)cc1[N+](=O)[O-]. The zero-order valence-electron chi connectivity index (χ0n) is 9.52. The van der Waals surface area contributed by atoms with E-state index in [0.717, 1.165) is 0 Å². The van der Waals surface area contributed by atoms with Crippen LogP contribution in [0.5, 0.6) is 5.75 Å². The van der Waals surface area contributed by atoms with Crippen molar-refractivity contribution in [1.82, 2.24) is 0 Å². The Kier molecular flexibility index (Phi) is 5.13. The smallest absolute Gasteiger partial charge is 0.312 e. The van der Waals surface area contributed by atoms with Gasteiger partial charge in [0.25, 0.3) is 0 Å². The molecule has 0 aliphatic rings. The van der Waals surface area contributed by atoms with E-state index in [1.165, 1.54) is 13.0 Å². The Morgan fingerprint density at radius 2 is 2.33 bits per heavy atom. The highest BCUT2D eigenvalue weighted by Gasteiger charge is 2.23. The highest BCUT2D eigenvalue weighted by Crippen LogP contribution is 2.38. The molecule has 0 spiro atoms. The fourth-order valence-electron chi connectivity index (χ4n) is 1.35. The molecule has 0 aromatic heterocycles. The van der Waals surface area contributed by atoms with Gasteiger partial charge in [-0.1, -0.05) is 34.1 Å². The van der Waals surface area contributed by atoms with Gasteiger partial charge < -0.3 is 9.84 Å². The molecular formula is C11H11BrClNO4. The molecule has 0 bridgehead atoms. The third kappa shape index (κ3) is 3.69. The topological polar surface area (TPSA) is 72.6 Å². The minimum Gasteiger partial charge on any atom is -0.481 e. The number of nitro benzene ring substituents is 1. The van der Waals surface area contributed by atoms with E-state index in [-0.39, 0.29) is 23.1 Å². The standard InChI is InChI=1S/C11H11BrClNO4/c1-6(13)5-18-11-9(7(2)15)3-8(12)4-10(11)14(16)17/h3-4,7,15H,1,5H2,2H3. The Morgan fingerprint density at radius 3 is 2.78 bits per heavy atom. The minimum atomic E-state index is -0.903. The number of aliphatic hydroxyl groups is 1. The molecule has 18 heavy (non-hydrogen) atoms. The summed E-state index contributed by atoms with van der Waals surface area (Å²) < 4.78 is 5.74. The van der Waals surface area contributed by atoms with Gasteiger partial charge in [-0.3, -0.25) is 10.1 Å². The third-order valence-electron chi connectivity index (χ3n) is 2.08. The van der Waals surface area contributed by atoms with Gasteiger partial charge in [-0.25, -0.2) is 0 Å². The molecule has 0 aliphatic carbocycles. The molecule has 0 saturated carbocycles. The Hall–Kier alpha value is -1.11. The van der Waals surface area contributed by atoms with E-state index < -0.39 is 11.0 Å². The molecule has 1 unspecified atom stereocenters. The Balaban J connectivity index is 3.31. The second-order valence-electron chi connectivity index (χ2n) is 3.58. The summed E-state index contributed by atoms with van der Waals surface area (Å²) in [5.74, 6) is 0.000000000000000444. The first-order valence-electron chi connectivity index (χ1n) is 4.95. The van der Waals surface area contributed by atoms with E-state index in [1.807, 2.05) is 0 Å². The number of benzene rings is 1. The number of ether oxygens (including phenoxy) is 1. The van der Waals surface area contributed by atoms with Crippen molar-refractivity contribution in [2.75, 3.05) is 6.61 Å². The van der Waals surface area contributed by atoms with Gasteiger partial charge in [-0.2, -0.15) is 0 Å². The summed E-state index contributed by atoms with van der Waals surface area (Å²) in [6, 6.07) is 2.86. The summed E-state index contributed by atoms with van der Waals surface area (Å²) in [5, 5.41) is 20.8. The molecule has 0 fully saturated rings. The van der Waals surface area contributed by atoms with Gasteiger partial charge in [-0.15, -0.1) is 0 Å². The molecule has 0 aliphatic heterocycles. The van der Waals surface area contributed by atoms with Gasteiger partial charge in [0.1, 0.15) is 6.61 Å². The molecule has 1 N–H and O–H groups in total. The largest absolute Gasteiger partial charge is 0.481 e. The van der Waals surface area contributed by atoms with E-state index in [0.29, 0.717) is 10.0 Å². The van der Waals surface area contributed by atoms with Crippen LogP contribution >= 0.6 is 27.5 Å². The fourth-order valence-corrected chi connectivity index (χ4v) is 1.87. The number of nitrogens with zero attached hydrogens (tertiary/aromatic N) is 1. The van der Waals surface area contributed by atoms with Crippen molar-refractivity contribution < 1.29 is 14.8 Å². The van der Waals surface area contributed by atoms with Crippen LogP contribution in [-0.4, -0.2) is 16.6 Å². The van der Waals surface area contributed by atoms with Gasteiger partial charge in [0.05, 0.1) is 11.0 Å². The Labute approximate surface area is 117 Å². The number of halogens is 2. The molecule has 0 saturated heterocycles. The predicted molar refractivity (Wildman–Crippen MR) is 71.9 cm³/mol. The van der Waals surface area contributed by atoms with E-state index >= 15 is 0 Å². The number of hydrogen-bond acceptors (Lipinski definition) is 4. The van der Waals surface area contributed by atoms with E-state index in [2.05, 4.69) is 22.5 Å². The summed E-state index contributed by atoms with van der Waals surface area (Å²) in [6.45, 7) is 4.86. The number of rotatable bonds is 5. The van der Waals surface area contributed by atoms with Crippen molar-refractivity contribution >= 4 is 33.2 Å². The summed E-state index contributed by atoms with van der Waals surface area (Å²) in [5.41, 5.74) is 0.0761. The van der Waals surface area contributed by atoms with Crippen LogP contribution in [0.2, 0.25) is 0 Å². The highest BCUT2D eigenvalue weighted by molar-refractivity contribution is 9.10. The van der Waals surface area contributed by atoms with E-state index in [4.69, 9.17) is 16.3 Å². The number of nitro groups is 1. The normalized spacial score (nSPS) is 12.0. The average molecular weight is 337 g/mol.